The van der Waals surface area contributed by atoms with Crippen molar-refractivity contribution >= 4 is 47.3 Å². The number of hydrogen-bond acceptors (Lipinski definition) is 2. The highest BCUT2D eigenvalue weighted by Gasteiger charge is 2.35. The number of benzene rings is 4. The molecule has 4 aromatic carbocycles. The van der Waals surface area contributed by atoms with E-state index in [0.717, 1.165) is 11.4 Å². The first-order valence-electron chi connectivity index (χ1n) is 13.8. The fourth-order valence-electron chi connectivity index (χ4n) is 5.77. The predicted octanol–water partition coefficient (Wildman–Crippen LogP) is 4.34. The van der Waals surface area contributed by atoms with Crippen LogP contribution in [0, 0.1) is 0 Å². The van der Waals surface area contributed by atoms with Gasteiger partial charge in [0.1, 0.15) is 16.1 Å². The number of rotatable bonds is 7. The third-order valence-corrected chi connectivity index (χ3v) is 17.2. The van der Waals surface area contributed by atoms with Crippen molar-refractivity contribution in [2.45, 2.75) is 13.1 Å². The molecule has 0 fully saturated rings. The van der Waals surface area contributed by atoms with E-state index in [0.29, 0.717) is 0 Å². The second-order valence-electron chi connectivity index (χ2n) is 10.6. The molecule has 0 aliphatic heterocycles. The molecule has 0 aliphatic carbocycles. The summed E-state index contributed by atoms with van der Waals surface area (Å²) in [6.07, 6.45) is 4.15. The first-order chi connectivity index (χ1) is 19.6. The van der Waals surface area contributed by atoms with E-state index < -0.39 is 16.1 Å². The quantitative estimate of drug-likeness (QED) is 0.277. The summed E-state index contributed by atoms with van der Waals surface area (Å²) in [6.45, 7) is 4.83. The molecule has 0 amide bonds. The van der Waals surface area contributed by atoms with Gasteiger partial charge in [-0.25, -0.2) is 0 Å². The molecule has 40 heavy (non-hydrogen) atoms. The second-order valence-corrected chi connectivity index (χ2v) is 18.5. The molecule has 0 radical (unpaired) electrons. The Balaban J connectivity index is 1.36. The molecule has 0 saturated carbocycles. The highest BCUT2D eigenvalue weighted by molar-refractivity contribution is 7.11. The SMILES string of the molecule is C[Si](c1ccccc1)(c1ccccc1)c1ccc(-c2ccc([Si](C)(c3ccccc3)c3ccccc3)cn2)nc1. The van der Waals surface area contributed by atoms with Crippen molar-refractivity contribution in [1.29, 1.82) is 0 Å². The van der Waals surface area contributed by atoms with Crippen LogP contribution in [0.1, 0.15) is 0 Å². The smallest absolute Gasteiger partial charge is 0.147 e. The molecule has 6 rings (SSSR count). The molecule has 194 valence electrons. The van der Waals surface area contributed by atoms with E-state index in [-0.39, 0.29) is 0 Å². The molecule has 0 unspecified atom stereocenters. The van der Waals surface area contributed by atoms with Crippen LogP contribution >= 0.6 is 0 Å². The van der Waals surface area contributed by atoms with Crippen molar-refractivity contribution < 1.29 is 0 Å². The number of pyridine rings is 2. The number of nitrogens with zero attached hydrogens (tertiary/aromatic N) is 2. The summed E-state index contributed by atoms with van der Waals surface area (Å²) in [6, 6.07) is 52.3. The van der Waals surface area contributed by atoms with Gasteiger partial charge < -0.3 is 0 Å². The van der Waals surface area contributed by atoms with Crippen LogP contribution in [0.2, 0.25) is 13.1 Å². The molecule has 0 aliphatic rings. The third kappa shape index (κ3) is 4.66. The third-order valence-electron chi connectivity index (χ3n) is 8.35. The van der Waals surface area contributed by atoms with E-state index >= 15 is 0 Å². The lowest BCUT2D eigenvalue weighted by Crippen LogP contribution is -2.64. The van der Waals surface area contributed by atoms with Crippen molar-refractivity contribution in [3.63, 3.8) is 0 Å². The minimum absolute atomic E-state index is 0.899. The second kappa shape index (κ2) is 11.0. The zero-order valence-electron chi connectivity index (χ0n) is 22.9. The first-order valence-corrected chi connectivity index (χ1v) is 18.8. The molecule has 0 bridgehead atoms. The molecule has 2 nitrogen and oxygen atoms in total. The van der Waals surface area contributed by atoms with Crippen molar-refractivity contribution in [2.24, 2.45) is 0 Å². The van der Waals surface area contributed by atoms with E-state index in [1.54, 1.807) is 0 Å². The van der Waals surface area contributed by atoms with E-state index in [4.69, 9.17) is 9.97 Å². The van der Waals surface area contributed by atoms with Gasteiger partial charge in [-0.1, -0.05) is 147 Å². The van der Waals surface area contributed by atoms with Crippen LogP contribution in [-0.4, -0.2) is 26.1 Å². The topological polar surface area (TPSA) is 25.8 Å². The summed E-state index contributed by atoms with van der Waals surface area (Å²) in [7, 11) is -4.38. The predicted molar refractivity (Wildman–Crippen MR) is 174 cm³/mol. The Morgan fingerprint density at radius 2 is 0.600 bits per heavy atom. The highest BCUT2D eigenvalue weighted by atomic mass is 28.3. The van der Waals surface area contributed by atoms with Crippen LogP contribution in [0.15, 0.2) is 158 Å². The van der Waals surface area contributed by atoms with Gasteiger partial charge in [0.2, 0.25) is 0 Å². The molecular weight excluding hydrogens is 517 g/mol. The van der Waals surface area contributed by atoms with Crippen molar-refractivity contribution in [3.05, 3.63) is 158 Å². The Morgan fingerprint density at radius 3 is 0.825 bits per heavy atom. The van der Waals surface area contributed by atoms with Crippen LogP contribution in [0.4, 0.5) is 0 Å². The lowest BCUT2D eigenvalue weighted by molar-refractivity contribution is 1.26. The van der Waals surface area contributed by atoms with Gasteiger partial charge in [0.25, 0.3) is 0 Å². The standard InChI is InChI=1S/C36H32N2Si2/c1-39(29-15-7-3-8-16-29,30-17-9-4-10-18-30)33-23-25-35(37-27-33)36-26-24-34(28-38-36)40(2,31-19-11-5-12-20-31)32-21-13-6-14-22-32/h3-28H,1-2H3. The molecule has 6 aromatic rings. The lowest BCUT2D eigenvalue weighted by Gasteiger charge is -2.29. The highest BCUT2D eigenvalue weighted by Crippen LogP contribution is 2.15. The summed E-state index contributed by atoms with van der Waals surface area (Å²) < 4.78 is 0. The molecule has 0 spiro atoms. The summed E-state index contributed by atoms with van der Waals surface area (Å²) in [5.41, 5.74) is 1.80. The number of aromatic nitrogens is 2. The average molecular weight is 549 g/mol. The van der Waals surface area contributed by atoms with Gasteiger partial charge in [-0.2, -0.15) is 0 Å². The molecule has 2 aromatic heterocycles. The Hall–Kier alpha value is -4.39. The van der Waals surface area contributed by atoms with Crippen molar-refractivity contribution in [2.75, 3.05) is 0 Å². The normalized spacial score (nSPS) is 11.8. The summed E-state index contributed by atoms with van der Waals surface area (Å²) in [5.74, 6) is 0. The zero-order chi connectivity index (χ0) is 27.4. The van der Waals surface area contributed by atoms with Crippen molar-refractivity contribution in [1.82, 2.24) is 9.97 Å². The molecule has 0 atom stereocenters. The molecular formula is C36H32N2Si2. The van der Waals surface area contributed by atoms with Crippen LogP contribution in [0.5, 0.6) is 0 Å². The van der Waals surface area contributed by atoms with Gasteiger partial charge in [0, 0.05) is 12.4 Å². The van der Waals surface area contributed by atoms with Gasteiger partial charge in [-0.3, -0.25) is 9.97 Å². The lowest BCUT2D eigenvalue weighted by atomic mass is 10.2. The molecule has 2 heterocycles. The van der Waals surface area contributed by atoms with E-state index in [2.05, 4.69) is 171 Å². The summed E-state index contributed by atoms with van der Waals surface area (Å²) >= 11 is 0. The monoisotopic (exact) mass is 548 g/mol. The van der Waals surface area contributed by atoms with Gasteiger partial charge in [-0.05, 0) is 43.3 Å². The Bertz CT molecular complexity index is 1460. The maximum Gasteiger partial charge on any atom is 0.147 e. The zero-order valence-corrected chi connectivity index (χ0v) is 24.9. The van der Waals surface area contributed by atoms with Gasteiger partial charge in [0.15, 0.2) is 0 Å². The molecule has 4 heteroatoms. The van der Waals surface area contributed by atoms with Crippen LogP contribution in [0.25, 0.3) is 11.4 Å². The average Bonchev–Trinajstić information content (AvgIpc) is 3.06. The maximum atomic E-state index is 4.96. The van der Waals surface area contributed by atoms with Crippen LogP contribution in [-0.2, 0) is 0 Å². The number of hydrogen-bond donors (Lipinski definition) is 0. The van der Waals surface area contributed by atoms with Gasteiger partial charge in [0.05, 0.1) is 11.4 Å². The fourth-order valence-corrected chi connectivity index (χ4v) is 12.7. The first kappa shape index (κ1) is 25.9. The van der Waals surface area contributed by atoms with Crippen LogP contribution in [0.3, 0.4) is 0 Å². The van der Waals surface area contributed by atoms with Crippen LogP contribution < -0.4 is 31.1 Å². The Morgan fingerprint density at radius 1 is 0.325 bits per heavy atom. The van der Waals surface area contributed by atoms with E-state index in [1.807, 2.05) is 0 Å². The van der Waals surface area contributed by atoms with E-state index in [9.17, 15) is 0 Å². The summed E-state index contributed by atoms with van der Waals surface area (Å²) in [5, 5.41) is 8.10. The largest absolute Gasteiger partial charge is 0.255 e. The molecule has 0 N–H and O–H groups in total. The minimum Gasteiger partial charge on any atom is -0.255 e. The fraction of sp³-hybridized carbons (Fsp3) is 0.0556. The van der Waals surface area contributed by atoms with E-state index in [1.165, 1.54) is 31.1 Å². The minimum atomic E-state index is -2.19. The van der Waals surface area contributed by atoms with Gasteiger partial charge in [-0.15, -0.1) is 0 Å². The van der Waals surface area contributed by atoms with Gasteiger partial charge >= 0.3 is 0 Å². The summed E-state index contributed by atoms with van der Waals surface area (Å²) in [4.78, 5) is 9.92. The Labute approximate surface area is 239 Å². The maximum absolute atomic E-state index is 4.96. The Kier molecular flexibility index (Phi) is 7.12. The van der Waals surface area contributed by atoms with Crippen molar-refractivity contribution in [3.8, 4) is 11.4 Å². The molecule has 0 saturated heterocycles.